The minimum absolute atomic E-state index is 0.101. The van der Waals surface area contributed by atoms with Gasteiger partial charge in [0.05, 0.1) is 13.7 Å². The van der Waals surface area contributed by atoms with E-state index >= 15 is 0 Å². The van der Waals surface area contributed by atoms with Crippen molar-refractivity contribution in [2.24, 2.45) is 0 Å². The Morgan fingerprint density at radius 1 is 1.29 bits per heavy atom. The molecule has 1 amide bonds. The highest BCUT2D eigenvalue weighted by atomic mass is 19.1. The molecule has 2 aromatic carbocycles. The van der Waals surface area contributed by atoms with Crippen LogP contribution in [0.5, 0.6) is 11.5 Å². The lowest BCUT2D eigenvalue weighted by atomic mass is 10.1. The lowest BCUT2D eigenvalue weighted by molar-refractivity contribution is 0.0709. The fourth-order valence-corrected chi connectivity index (χ4v) is 3.70. The molecule has 2 heterocycles. The zero-order valence-electron chi connectivity index (χ0n) is 17.5. The molecule has 0 saturated carbocycles. The molecule has 0 spiro atoms. The van der Waals surface area contributed by atoms with Crippen LogP contribution in [0, 0.1) is 12.7 Å². The molecule has 162 valence electrons. The zero-order chi connectivity index (χ0) is 21.8. The van der Waals surface area contributed by atoms with Crippen LogP contribution in [0.2, 0.25) is 0 Å². The standard InChI is InChI=1S/C23H24FN3O4/c1-15-5-3-6-17(13-15)30-12-10-21-25-22(31-26-21)19-7-4-11-27(19)23(28)16-8-9-20(29-2)18(24)14-16/h3,5-6,8-9,13-14,19H,4,7,10-12H2,1-2H3. The minimum Gasteiger partial charge on any atom is -0.494 e. The van der Waals surface area contributed by atoms with Gasteiger partial charge in [0.25, 0.3) is 5.91 Å². The van der Waals surface area contributed by atoms with Crippen LogP contribution in [0.3, 0.4) is 0 Å². The highest BCUT2D eigenvalue weighted by Gasteiger charge is 2.34. The van der Waals surface area contributed by atoms with Gasteiger partial charge in [0.1, 0.15) is 11.8 Å². The minimum atomic E-state index is -0.571. The van der Waals surface area contributed by atoms with Gasteiger partial charge in [-0.1, -0.05) is 17.3 Å². The Bertz CT molecular complexity index is 1070. The SMILES string of the molecule is COc1ccc(C(=O)N2CCCC2c2nc(CCOc3cccc(C)c3)no2)cc1F. The molecule has 0 radical (unpaired) electrons. The first-order valence-corrected chi connectivity index (χ1v) is 10.2. The van der Waals surface area contributed by atoms with Crippen molar-refractivity contribution in [3.05, 3.63) is 71.1 Å². The molecule has 1 aromatic heterocycles. The maximum absolute atomic E-state index is 14.0. The van der Waals surface area contributed by atoms with Gasteiger partial charge in [-0.2, -0.15) is 4.98 Å². The van der Waals surface area contributed by atoms with E-state index in [0.29, 0.717) is 37.7 Å². The van der Waals surface area contributed by atoms with Crippen molar-refractivity contribution in [3.63, 3.8) is 0 Å². The number of halogens is 1. The van der Waals surface area contributed by atoms with Crippen molar-refractivity contribution < 1.29 is 23.2 Å². The molecule has 0 bridgehead atoms. The summed E-state index contributed by atoms with van der Waals surface area (Å²) in [5.41, 5.74) is 1.39. The Morgan fingerprint density at radius 3 is 2.94 bits per heavy atom. The number of hydrogen-bond donors (Lipinski definition) is 0. The van der Waals surface area contributed by atoms with Gasteiger partial charge in [0, 0.05) is 18.5 Å². The first-order chi connectivity index (χ1) is 15.0. The zero-order valence-corrected chi connectivity index (χ0v) is 17.5. The molecule has 1 saturated heterocycles. The normalized spacial score (nSPS) is 15.8. The van der Waals surface area contributed by atoms with Gasteiger partial charge in [-0.3, -0.25) is 4.79 Å². The Morgan fingerprint density at radius 2 is 2.16 bits per heavy atom. The summed E-state index contributed by atoms with van der Waals surface area (Å²) in [7, 11) is 1.38. The summed E-state index contributed by atoms with van der Waals surface area (Å²) in [4.78, 5) is 19.1. The van der Waals surface area contributed by atoms with Gasteiger partial charge >= 0.3 is 0 Å². The molecule has 4 rings (SSSR count). The quantitative estimate of drug-likeness (QED) is 0.567. The first-order valence-electron chi connectivity index (χ1n) is 10.2. The van der Waals surface area contributed by atoms with E-state index in [1.807, 2.05) is 31.2 Å². The second-order valence-electron chi connectivity index (χ2n) is 7.47. The van der Waals surface area contributed by atoms with Gasteiger partial charge in [0.2, 0.25) is 5.89 Å². The highest BCUT2D eigenvalue weighted by Crippen LogP contribution is 2.32. The molecule has 1 atom stereocenters. The summed E-state index contributed by atoms with van der Waals surface area (Å²) in [5.74, 6) is 0.971. The Labute approximate surface area is 179 Å². The first kappa shape index (κ1) is 20.8. The van der Waals surface area contributed by atoms with Gasteiger partial charge in [-0.25, -0.2) is 4.39 Å². The van der Waals surface area contributed by atoms with Crippen LogP contribution >= 0.6 is 0 Å². The summed E-state index contributed by atoms with van der Waals surface area (Å²) < 4.78 is 30.1. The third-order valence-corrected chi connectivity index (χ3v) is 5.27. The van der Waals surface area contributed by atoms with Crippen LogP contribution in [-0.2, 0) is 6.42 Å². The number of likely N-dealkylation sites (tertiary alicyclic amines) is 1. The van der Waals surface area contributed by atoms with Gasteiger partial charge in [-0.15, -0.1) is 0 Å². The fraction of sp³-hybridized carbons (Fsp3) is 0.348. The highest BCUT2D eigenvalue weighted by molar-refractivity contribution is 5.94. The summed E-state index contributed by atoms with van der Waals surface area (Å²) in [6.45, 7) is 2.97. The maximum Gasteiger partial charge on any atom is 0.254 e. The van der Waals surface area contributed by atoms with Crippen LogP contribution in [-0.4, -0.2) is 41.2 Å². The number of aryl methyl sites for hydroxylation is 1. The molecule has 1 fully saturated rings. The van der Waals surface area contributed by atoms with Crippen molar-refractivity contribution in [2.45, 2.75) is 32.2 Å². The van der Waals surface area contributed by atoms with Crippen molar-refractivity contribution in [2.75, 3.05) is 20.3 Å². The summed E-state index contributed by atoms with van der Waals surface area (Å²) in [6.07, 6.45) is 2.01. The van der Waals surface area contributed by atoms with E-state index in [1.54, 1.807) is 11.0 Å². The average molecular weight is 425 g/mol. The largest absolute Gasteiger partial charge is 0.494 e. The predicted molar refractivity (Wildman–Crippen MR) is 111 cm³/mol. The molecule has 7 nitrogen and oxygen atoms in total. The van der Waals surface area contributed by atoms with E-state index < -0.39 is 5.82 Å². The molecule has 1 aliphatic rings. The number of aromatic nitrogens is 2. The average Bonchev–Trinajstić information content (AvgIpc) is 3.42. The van der Waals surface area contributed by atoms with Crippen molar-refractivity contribution in [3.8, 4) is 11.5 Å². The lowest BCUT2D eigenvalue weighted by Gasteiger charge is -2.22. The predicted octanol–water partition coefficient (Wildman–Crippen LogP) is 4.12. The third kappa shape index (κ3) is 4.68. The molecule has 31 heavy (non-hydrogen) atoms. The van der Waals surface area contributed by atoms with E-state index in [2.05, 4.69) is 10.1 Å². The Balaban J connectivity index is 1.40. The molecule has 1 aliphatic heterocycles. The third-order valence-electron chi connectivity index (χ3n) is 5.27. The Kier molecular flexibility index (Phi) is 6.16. The fourth-order valence-electron chi connectivity index (χ4n) is 3.70. The van der Waals surface area contributed by atoms with Crippen LogP contribution in [0.15, 0.2) is 47.0 Å². The molecular formula is C23H24FN3O4. The van der Waals surface area contributed by atoms with E-state index in [0.717, 1.165) is 17.7 Å². The number of ether oxygens (including phenoxy) is 2. The smallest absolute Gasteiger partial charge is 0.254 e. The number of methoxy groups -OCH3 is 1. The topological polar surface area (TPSA) is 77.7 Å². The molecule has 0 N–H and O–H groups in total. The number of benzene rings is 2. The molecule has 8 heteroatoms. The molecule has 0 aliphatic carbocycles. The van der Waals surface area contributed by atoms with E-state index in [9.17, 15) is 9.18 Å². The number of carbonyl (C=O) groups is 1. The van der Waals surface area contributed by atoms with Crippen LogP contribution in [0.4, 0.5) is 4.39 Å². The van der Waals surface area contributed by atoms with Gasteiger partial charge in [-0.05, 0) is 55.7 Å². The number of carbonyl (C=O) groups excluding carboxylic acids is 1. The van der Waals surface area contributed by atoms with Crippen molar-refractivity contribution in [1.29, 1.82) is 0 Å². The van der Waals surface area contributed by atoms with Crippen LogP contribution in [0.25, 0.3) is 0 Å². The summed E-state index contributed by atoms with van der Waals surface area (Å²) >= 11 is 0. The number of rotatable bonds is 7. The van der Waals surface area contributed by atoms with Crippen LogP contribution in [0.1, 0.15) is 46.5 Å². The number of hydrogen-bond acceptors (Lipinski definition) is 6. The maximum atomic E-state index is 14.0. The van der Waals surface area contributed by atoms with Crippen LogP contribution < -0.4 is 9.47 Å². The molecule has 1 unspecified atom stereocenters. The van der Waals surface area contributed by atoms with Crippen molar-refractivity contribution >= 4 is 5.91 Å². The Hall–Kier alpha value is -3.42. The van der Waals surface area contributed by atoms with E-state index in [1.165, 1.54) is 19.2 Å². The summed E-state index contributed by atoms with van der Waals surface area (Å²) in [6, 6.07) is 11.7. The van der Waals surface area contributed by atoms with E-state index in [-0.39, 0.29) is 23.3 Å². The molecular weight excluding hydrogens is 401 g/mol. The second-order valence-corrected chi connectivity index (χ2v) is 7.47. The van der Waals surface area contributed by atoms with Gasteiger partial charge < -0.3 is 18.9 Å². The second kappa shape index (κ2) is 9.16. The van der Waals surface area contributed by atoms with Gasteiger partial charge in [0.15, 0.2) is 17.4 Å². The lowest BCUT2D eigenvalue weighted by Crippen LogP contribution is -2.30. The monoisotopic (exact) mass is 425 g/mol. The van der Waals surface area contributed by atoms with E-state index in [4.69, 9.17) is 14.0 Å². The number of nitrogens with zero attached hydrogens (tertiary/aromatic N) is 3. The molecule has 3 aromatic rings. The van der Waals surface area contributed by atoms with Crippen molar-refractivity contribution in [1.82, 2.24) is 15.0 Å². The summed E-state index contributed by atoms with van der Waals surface area (Å²) in [5, 5.41) is 4.03. The number of amides is 1.